The molecule has 2 nitrogen and oxygen atoms in total. The van der Waals surface area contributed by atoms with Gasteiger partial charge in [0.2, 0.25) is 0 Å². The SMILES string of the molecule is CC/C=C(\C)N=C(C)C(C)=C(C)C.CCCCc1c(C(C)c2ccc(C)c(F)c2F)[nH]c2cc(F)c(Cl)cc12. The molecule has 0 amide bonds. The standard InChI is InChI=1S/C21H21ClF3N.C12H21N/c1-4-5-6-14-15-9-16(22)17(23)10-18(15)26-21(14)12(3)13-8-7-11(2)19(24)20(13)25;1-7-8-10(4)13-12(6)11(5)9(2)3/h7-10,12,26H,4-6H2,1-3H3;8H,7H2,1-6H3/b;10-8+,13-12?. The first kappa shape index (κ1) is 32.4. The Morgan fingerprint density at radius 2 is 1.69 bits per heavy atom. The van der Waals surface area contributed by atoms with Crippen LogP contribution in [0, 0.1) is 24.4 Å². The molecule has 0 saturated heterocycles. The minimum absolute atomic E-state index is 0.0565. The summed E-state index contributed by atoms with van der Waals surface area (Å²) in [5, 5.41) is 0.890. The summed E-state index contributed by atoms with van der Waals surface area (Å²) in [5.41, 5.74) is 7.80. The Labute approximate surface area is 237 Å². The van der Waals surface area contributed by atoms with Gasteiger partial charge in [-0.1, -0.05) is 62.6 Å². The minimum atomic E-state index is -0.832. The number of unbranched alkanes of at least 4 members (excludes halogenated alkanes) is 1. The predicted octanol–water partition coefficient (Wildman–Crippen LogP) is 11.2. The van der Waals surface area contributed by atoms with Gasteiger partial charge in [0.1, 0.15) is 5.82 Å². The van der Waals surface area contributed by atoms with Gasteiger partial charge in [0.15, 0.2) is 11.6 Å². The lowest BCUT2D eigenvalue weighted by molar-refractivity contribution is 0.490. The number of hydrogen-bond donors (Lipinski definition) is 1. The molecule has 0 saturated carbocycles. The van der Waals surface area contributed by atoms with Crippen molar-refractivity contribution in [1.82, 2.24) is 4.98 Å². The Hall–Kier alpha value is -2.79. The molecule has 1 aromatic heterocycles. The highest BCUT2D eigenvalue weighted by atomic mass is 35.5. The van der Waals surface area contributed by atoms with Gasteiger partial charge in [-0.15, -0.1) is 0 Å². The third-order valence-corrected chi connectivity index (χ3v) is 7.39. The zero-order valence-corrected chi connectivity index (χ0v) is 25.5. The fourth-order valence-corrected chi connectivity index (χ4v) is 4.62. The van der Waals surface area contributed by atoms with Gasteiger partial charge < -0.3 is 4.98 Å². The molecule has 0 aliphatic carbocycles. The van der Waals surface area contributed by atoms with Crippen molar-refractivity contribution < 1.29 is 13.2 Å². The van der Waals surface area contributed by atoms with Crippen LogP contribution in [-0.4, -0.2) is 10.7 Å². The Morgan fingerprint density at radius 1 is 1.03 bits per heavy atom. The number of aryl methyl sites for hydroxylation is 2. The van der Waals surface area contributed by atoms with E-state index in [0.717, 1.165) is 53.7 Å². The van der Waals surface area contributed by atoms with Crippen LogP contribution in [0.1, 0.15) is 103 Å². The van der Waals surface area contributed by atoms with Crippen LogP contribution in [-0.2, 0) is 6.42 Å². The Kier molecular flexibility index (Phi) is 12.1. The van der Waals surface area contributed by atoms with Gasteiger partial charge in [0.25, 0.3) is 0 Å². The molecule has 0 fully saturated rings. The van der Waals surface area contributed by atoms with Crippen molar-refractivity contribution in [2.75, 3.05) is 0 Å². The molecule has 2 aromatic carbocycles. The number of allylic oxidation sites excluding steroid dienone is 4. The summed E-state index contributed by atoms with van der Waals surface area (Å²) in [4.78, 5) is 7.72. The van der Waals surface area contributed by atoms with Crippen LogP contribution in [0.2, 0.25) is 5.02 Å². The zero-order valence-electron chi connectivity index (χ0n) is 24.8. The second-order valence-corrected chi connectivity index (χ2v) is 10.7. The molecule has 1 heterocycles. The molecule has 0 aliphatic heterocycles. The van der Waals surface area contributed by atoms with Crippen molar-refractivity contribution >= 4 is 28.2 Å². The van der Waals surface area contributed by atoms with Crippen LogP contribution < -0.4 is 0 Å². The summed E-state index contributed by atoms with van der Waals surface area (Å²) < 4.78 is 42.4. The first-order chi connectivity index (χ1) is 18.3. The largest absolute Gasteiger partial charge is 0.358 e. The average molecular weight is 559 g/mol. The van der Waals surface area contributed by atoms with Crippen molar-refractivity contribution in [3.05, 3.63) is 92.0 Å². The molecule has 0 bridgehead atoms. The monoisotopic (exact) mass is 558 g/mol. The lowest BCUT2D eigenvalue weighted by atomic mass is 9.91. The van der Waals surface area contributed by atoms with E-state index in [0.29, 0.717) is 5.52 Å². The summed E-state index contributed by atoms with van der Waals surface area (Å²) >= 11 is 5.96. The molecule has 3 rings (SSSR count). The van der Waals surface area contributed by atoms with Crippen LogP contribution in [0.25, 0.3) is 10.9 Å². The number of hydrogen-bond acceptors (Lipinski definition) is 1. The molecule has 3 aromatic rings. The van der Waals surface area contributed by atoms with E-state index in [2.05, 4.69) is 57.6 Å². The van der Waals surface area contributed by atoms with E-state index < -0.39 is 23.4 Å². The van der Waals surface area contributed by atoms with E-state index in [4.69, 9.17) is 11.6 Å². The van der Waals surface area contributed by atoms with Gasteiger partial charge in [-0.25, -0.2) is 13.2 Å². The summed E-state index contributed by atoms with van der Waals surface area (Å²) in [6.45, 7) is 18.0. The second kappa shape index (κ2) is 14.6. The fourth-order valence-electron chi connectivity index (χ4n) is 4.46. The predicted molar refractivity (Wildman–Crippen MR) is 162 cm³/mol. The van der Waals surface area contributed by atoms with Crippen LogP contribution >= 0.6 is 11.6 Å². The lowest BCUT2D eigenvalue weighted by Crippen LogP contribution is -2.05. The first-order valence-electron chi connectivity index (χ1n) is 13.6. The molecular formula is C33H42ClF3N2. The van der Waals surface area contributed by atoms with Gasteiger partial charge in [-0.2, -0.15) is 0 Å². The van der Waals surface area contributed by atoms with Crippen LogP contribution in [0.5, 0.6) is 0 Å². The summed E-state index contributed by atoms with van der Waals surface area (Å²) in [6.07, 6.45) is 5.88. The van der Waals surface area contributed by atoms with Gasteiger partial charge in [0.05, 0.1) is 5.02 Å². The number of fused-ring (bicyclic) bond motifs is 1. The molecule has 1 N–H and O–H groups in total. The van der Waals surface area contributed by atoms with E-state index in [1.807, 2.05) is 13.8 Å². The second-order valence-electron chi connectivity index (χ2n) is 10.3. The molecule has 1 atom stereocenters. The van der Waals surface area contributed by atoms with E-state index in [1.54, 1.807) is 18.2 Å². The highest BCUT2D eigenvalue weighted by molar-refractivity contribution is 6.31. The van der Waals surface area contributed by atoms with E-state index in [9.17, 15) is 13.2 Å². The molecule has 1 unspecified atom stereocenters. The highest BCUT2D eigenvalue weighted by Gasteiger charge is 2.23. The number of benzene rings is 2. The minimum Gasteiger partial charge on any atom is -0.358 e. The number of aromatic nitrogens is 1. The van der Waals surface area contributed by atoms with Gasteiger partial charge in [-0.05, 0) is 95.2 Å². The molecule has 39 heavy (non-hydrogen) atoms. The Bertz CT molecular complexity index is 1390. The quantitative estimate of drug-likeness (QED) is 0.266. The fraction of sp³-hybridized carbons (Fsp3) is 0.424. The van der Waals surface area contributed by atoms with Gasteiger partial charge in [0, 0.05) is 33.9 Å². The molecule has 212 valence electrons. The smallest absolute Gasteiger partial charge is 0.162 e. The maximum absolute atomic E-state index is 14.5. The van der Waals surface area contributed by atoms with Gasteiger partial charge >= 0.3 is 0 Å². The molecule has 0 aliphatic rings. The summed E-state index contributed by atoms with van der Waals surface area (Å²) in [5.74, 6) is -2.56. The van der Waals surface area contributed by atoms with Crippen molar-refractivity contribution in [3.8, 4) is 0 Å². The highest BCUT2D eigenvalue weighted by Crippen LogP contribution is 2.36. The third kappa shape index (κ3) is 8.11. The number of halogens is 4. The zero-order chi connectivity index (χ0) is 29.4. The van der Waals surface area contributed by atoms with E-state index >= 15 is 0 Å². The van der Waals surface area contributed by atoms with Crippen molar-refractivity contribution in [3.63, 3.8) is 0 Å². The summed E-state index contributed by atoms with van der Waals surface area (Å²) in [6, 6.07) is 6.15. The van der Waals surface area contributed by atoms with Crippen LogP contribution in [0.15, 0.2) is 52.2 Å². The van der Waals surface area contributed by atoms with Crippen LogP contribution in [0.3, 0.4) is 0 Å². The lowest BCUT2D eigenvalue weighted by Gasteiger charge is -2.15. The summed E-state index contributed by atoms with van der Waals surface area (Å²) in [7, 11) is 0. The first-order valence-corrected chi connectivity index (χ1v) is 14.0. The van der Waals surface area contributed by atoms with E-state index in [1.165, 1.54) is 24.1 Å². The van der Waals surface area contributed by atoms with Crippen molar-refractivity contribution in [2.45, 2.75) is 93.9 Å². The Morgan fingerprint density at radius 3 is 2.28 bits per heavy atom. The number of nitrogens with one attached hydrogen (secondary N) is 1. The third-order valence-electron chi connectivity index (χ3n) is 7.10. The Balaban J connectivity index is 0.000000349. The van der Waals surface area contributed by atoms with Crippen LogP contribution in [0.4, 0.5) is 13.2 Å². The molecular weight excluding hydrogens is 517 g/mol. The van der Waals surface area contributed by atoms with Crippen molar-refractivity contribution in [1.29, 1.82) is 0 Å². The maximum atomic E-state index is 14.5. The molecule has 0 radical (unpaired) electrons. The molecule has 6 heteroatoms. The molecule has 0 spiro atoms. The number of aliphatic imine (C=N–C) groups is 1. The number of aromatic amines is 1. The number of rotatable bonds is 8. The van der Waals surface area contributed by atoms with E-state index in [-0.39, 0.29) is 16.1 Å². The normalized spacial score (nSPS) is 12.8. The topological polar surface area (TPSA) is 28.1 Å². The number of nitrogens with zero attached hydrogens (tertiary/aromatic N) is 1. The average Bonchev–Trinajstić information content (AvgIpc) is 3.22. The van der Waals surface area contributed by atoms with Gasteiger partial charge in [-0.3, -0.25) is 4.99 Å². The maximum Gasteiger partial charge on any atom is 0.162 e. The number of H-pyrrole nitrogens is 1. The van der Waals surface area contributed by atoms with Crippen molar-refractivity contribution in [2.24, 2.45) is 4.99 Å².